The first-order valence-corrected chi connectivity index (χ1v) is 10.9. The molecule has 0 fully saturated rings. The molecule has 0 bridgehead atoms. The van der Waals surface area contributed by atoms with E-state index in [9.17, 15) is 14.4 Å². The van der Waals surface area contributed by atoms with E-state index in [0.29, 0.717) is 0 Å². The van der Waals surface area contributed by atoms with Gasteiger partial charge in [-0.05, 0) is 27.7 Å². The molecule has 0 aromatic heterocycles. The first-order valence-electron chi connectivity index (χ1n) is 10.9. The van der Waals surface area contributed by atoms with Gasteiger partial charge in [0.1, 0.15) is 12.6 Å². The third kappa shape index (κ3) is 5.73. The van der Waals surface area contributed by atoms with Gasteiger partial charge in [0.15, 0.2) is 0 Å². The summed E-state index contributed by atoms with van der Waals surface area (Å²) >= 11 is 0. The molecule has 0 saturated heterocycles. The number of carbonyl (C=O) groups is 3. The maximum Gasteiger partial charge on any atom is 0.407 e. The number of methoxy groups -OCH3 is 1. The topological polar surface area (TPSA) is 123 Å². The average Bonchev–Trinajstić information content (AvgIpc) is 3.11. The molecule has 2 atom stereocenters. The number of carbonyl (C=O) groups excluding carboxylic acids is 2. The molecule has 0 saturated carbocycles. The van der Waals surface area contributed by atoms with E-state index in [1.54, 1.807) is 20.8 Å². The van der Waals surface area contributed by atoms with Crippen LogP contribution in [0.1, 0.15) is 37.8 Å². The fourth-order valence-electron chi connectivity index (χ4n) is 3.93. The van der Waals surface area contributed by atoms with Crippen molar-refractivity contribution in [2.75, 3.05) is 20.3 Å². The van der Waals surface area contributed by atoms with Crippen molar-refractivity contribution in [1.29, 1.82) is 0 Å². The van der Waals surface area contributed by atoms with Gasteiger partial charge in [0, 0.05) is 13.0 Å². The minimum atomic E-state index is -1.39. The number of fused-ring (bicyclic) bond motifs is 3. The zero-order valence-corrected chi connectivity index (χ0v) is 19.7. The van der Waals surface area contributed by atoms with E-state index in [-0.39, 0.29) is 19.1 Å². The van der Waals surface area contributed by atoms with Crippen molar-refractivity contribution in [3.8, 4) is 11.1 Å². The van der Waals surface area contributed by atoms with Crippen molar-refractivity contribution in [3.05, 3.63) is 59.7 Å². The van der Waals surface area contributed by atoms with Gasteiger partial charge in [-0.2, -0.15) is 0 Å². The quantitative estimate of drug-likeness (QED) is 0.481. The maximum atomic E-state index is 12.7. The van der Waals surface area contributed by atoms with Crippen LogP contribution in [0.25, 0.3) is 11.1 Å². The third-order valence-corrected chi connectivity index (χ3v) is 5.63. The molecular weight excluding hydrogens is 440 g/mol. The number of nitrogens with one attached hydrogen (secondary N) is 2. The van der Waals surface area contributed by atoms with Crippen molar-refractivity contribution >= 4 is 18.0 Å². The number of hydrogen-bond donors (Lipinski definition) is 3. The Kier molecular flexibility index (Phi) is 7.90. The molecule has 3 rings (SSSR count). The van der Waals surface area contributed by atoms with Crippen LogP contribution in [0.2, 0.25) is 0 Å². The van der Waals surface area contributed by atoms with Crippen LogP contribution in [-0.2, 0) is 23.9 Å². The Balaban J connectivity index is 1.65. The summed E-state index contributed by atoms with van der Waals surface area (Å²) in [6.45, 7) is 5.11. The number of carboxylic acids is 1. The molecule has 2 amide bonds. The lowest BCUT2D eigenvalue weighted by Gasteiger charge is -2.30. The number of aliphatic carboxylic acids is 1. The normalized spacial score (nSPS) is 14.5. The standard InChI is InChI=1S/C25H30N2O7/c1-25(2,3)21(22(28)27-34-20(14-32-4)23(29)30)26-24(31)33-13-19-17-11-7-5-9-15(17)16-10-6-8-12-18(16)19/h5-12,19-21H,13-14H2,1-4H3,(H,26,31)(H,27,28)(H,29,30). The maximum absolute atomic E-state index is 12.7. The van der Waals surface area contributed by atoms with E-state index >= 15 is 0 Å². The van der Waals surface area contributed by atoms with Gasteiger partial charge in [-0.1, -0.05) is 69.3 Å². The molecule has 182 valence electrons. The van der Waals surface area contributed by atoms with Gasteiger partial charge in [-0.3, -0.25) is 9.63 Å². The van der Waals surface area contributed by atoms with Crippen molar-refractivity contribution in [1.82, 2.24) is 10.8 Å². The van der Waals surface area contributed by atoms with E-state index in [1.807, 2.05) is 48.5 Å². The first kappa shape index (κ1) is 25.2. The fourth-order valence-corrected chi connectivity index (χ4v) is 3.93. The lowest BCUT2D eigenvalue weighted by Crippen LogP contribution is -2.54. The van der Waals surface area contributed by atoms with Gasteiger partial charge in [0.05, 0.1) is 6.61 Å². The van der Waals surface area contributed by atoms with Crippen molar-refractivity contribution in [3.63, 3.8) is 0 Å². The molecule has 9 nitrogen and oxygen atoms in total. The van der Waals surface area contributed by atoms with E-state index in [2.05, 4.69) is 10.8 Å². The molecule has 9 heteroatoms. The van der Waals surface area contributed by atoms with Gasteiger partial charge in [-0.25, -0.2) is 15.1 Å². The summed E-state index contributed by atoms with van der Waals surface area (Å²) < 4.78 is 10.3. The molecule has 3 N–H and O–H groups in total. The van der Waals surface area contributed by atoms with Crippen LogP contribution >= 0.6 is 0 Å². The minimum Gasteiger partial charge on any atom is -0.479 e. The number of carboxylic acid groups (broad SMARTS) is 1. The molecule has 0 heterocycles. The lowest BCUT2D eigenvalue weighted by molar-refractivity contribution is -0.166. The van der Waals surface area contributed by atoms with Crippen LogP contribution < -0.4 is 10.8 Å². The molecule has 2 aromatic rings. The van der Waals surface area contributed by atoms with Gasteiger partial charge in [0.25, 0.3) is 5.91 Å². The number of hydrogen-bond acceptors (Lipinski definition) is 6. The highest BCUT2D eigenvalue weighted by Crippen LogP contribution is 2.44. The summed E-state index contributed by atoms with van der Waals surface area (Å²) in [5.41, 5.74) is 5.78. The zero-order chi connectivity index (χ0) is 24.9. The molecule has 34 heavy (non-hydrogen) atoms. The second-order valence-corrected chi connectivity index (χ2v) is 9.14. The molecule has 2 aromatic carbocycles. The molecular formula is C25H30N2O7. The van der Waals surface area contributed by atoms with Crippen LogP contribution in [0.3, 0.4) is 0 Å². The Bertz CT molecular complexity index is 1000. The van der Waals surface area contributed by atoms with E-state index < -0.39 is 35.5 Å². The van der Waals surface area contributed by atoms with Crippen LogP contribution in [0.15, 0.2) is 48.5 Å². The summed E-state index contributed by atoms with van der Waals surface area (Å²) in [6, 6.07) is 14.9. The van der Waals surface area contributed by atoms with Crippen molar-refractivity contribution in [2.45, 2.75) is 38.8 Å². The number of amides is 2. The summed E-state index contributed by atoms with van der Waals surface area (Å²) in [7, 11) is 1.32. The predicted molar refractivity (Wildman–Crippen MR) is 124 cm³/mol. The molecule has 1 aliphatic rings. The number of benzene rings is 2. The second-order valence-electron chi connectivity index (χ2n) is 9.14. The summed E-state index contributed by atoms with van der Waals surface area (Å²) in [5, 5.41) is 11.7. The molecule has 0 spiro atoms. The fraction of sp³-hybridized carbons (Fsp3) is 0.400. The summed E-state index contributed by atoms with van der Waals surface area (Å²) in [6.07, 6.45) is -2.15. The molecule has 1 aliphatic carbocycles. The predicted octanol–water partition coefficient (Wildman–Crippen LogP) is 3.09. The molecule has 0 radical (unpaired) electrons. The first-order chi connectivity index (χ1) is 16.1. The number of rotatable bonds is 9. The third-order valence-electron chi connectivity index (χ3n) is 5.63. The van der Waals surface area contributed by atoms with Gasteiger partial charge >= 0.3 is 12.1 Å². The van der Waals surface area contributed by atoms with Crippen LogP contribution in [0.4, 0.5) is 4.79 Å². The smallest absolute Gasteiger partial charge is 0.407 e. The van der Waals surface area contributed by atoms with Crippen LogP contribution in [0.5, 0.6) is 0 Å². The Labute approximate surface area is 198 Å². The van der Waals surface area contributed by atoms with Gasteiger partial charge < -0.3 is 19.9 Å². The number of hydroxylamine groups is 1. The zero-order valence-electron chi connectivity index (χ0n) is 19.7. The minimum absolute atomic E-state index is 0.101. The average molecular weight is 471 g/mol. The SMILES string of the molecule is COCC(ONC(=O)C(NC(=O)OCC1c2ccccc2-c2ccccc21)C(C)(C)C)C(=O)O. The highest BCUT2D eigenvalue weighted by atomic mass is 16.7. The Morgan fingerprint density at radius 1 is 1.00 bits per heavy atom. The number of ether oxygens (including phenoxy) is 2. The summed E-state index contributed by atoms with van der Waals surface area (Å²) in [4.78, 5) is 41.5. The largest absolute Gasteiger partial charge is 0.479 e. The van der Waals surface area contributed by atoms with E-state index in [4.69, 9.17) is 19.4 Å². The number of alkyl carbamates (subject to hydrolysis) is 1. The Morgan fingerprint density at radius 3 is 2.06 bits per heavy atom. The van der Waals surface area contributed by atoms with Gasteiger partial charge in [-0.15, -0.1) is 0 Å². The lowest BCUT2D eigenvalue weighted by atomic mass is 9.86. The summed E-state index contributed by atoms with van der Waals surface area (Å²) in [5.74, 6) is -2.11. The highest BCUT2D eigenvalue weighted by molar-refractivity contribution is 5.86. The van der Waals surface area contributed by atoms with Crippen LogP contribution in [0, 0.1) is 5.41 Å². The molecule has 2 unspecified atom stereocenters. The van der Waals surface area contributed by atoms with Crippen molar-refractivity contribution < 1.29 is 33.8 Å². The Hall–Kier alpha value is -3.43. The highest BCUT2D eigenvalue weighted by Gasteiger charge is 2.35. The van der Waals surface area contributed by atoms with E-state index in [1.165, 1.54) is 7.11 Å². The van der Waals surface area contributed by atoms with E-state index in [0.717, 1.165) is 22.3 Å². The van der Waals surface area contributed by atoms with Crippen LogP contribution in [-0.4, -0.2) is 55.5 Å². The van der Waals surface area contributed by atoms with Gasteiger partial charge in [0.2, 0.25) is 6.10 Å². The molecule has 0 aliphatic heterocycles. The van der Waals surface area contributed by atoms with Crippen molar-refractivity contribution in [2.24, 2.45) is 5.41 Å². The second kappa shape index (κ2) is 10.7. The monoisotopic (exact) mass is 470 g/mol. The Morgan fingerprint density at radius 2 is 1.56 bits per heavy atom.